The molecule has 2 aliphatic rings. The Bertz CT molecular complexity index is 873. The molecule has 0 aliphatic carbocycles. The van der Waals surface area contributed by atoms with Gasteiger partial charge in [0.1, 0.15) is 0 Å². The van der Waals surface area contributed by atoms with Gasteiger partial charge in [-0.2, -0.15) is 0 Å². The van der Waals surface area contributed by atoms with Crippen molar-refractivity contribution in [1.29, 1.82) is 0 Å². The number of hydrogen-bond donors (Lipinski definition) is 1. The van der Waals surface area contributed by atoms with E-state index in [1.807, 2.05) is 0 Å². The molecular formula is C18H18N4O3S. The lowest BCUT2D eigenvalue weighted by atomic mass is 10.1. The van der Waals surface area contributed by atoms with Crippen molar-refractivity contribution in [1.82, 2.24) is 14.8 Å². The van der Waals surface area contributed by atoms with Gasteiger partial charge < -0.3 is 5.32 Å². The Balaban J connectivity index is 1.39. The van der Waals surface area contributed by atoms with Crippen LogP contribution in [0.2, 0.25) is 0 Å². The van der Waals surface area contributed by atoms with E-state index < -0.39 is 0 Å². The average Bonchev–Trinajstić information content (AvgIpc) is 3.11. The summed E-state index contributed by atoms with van der Waals surface area (Å²) in [5.41, 5.74) is 2.00. The minimum absolute atomic E-state index is 0.126. The van der Waals surface area contributed by atoms with Crippen LogP contribution in [-0.4, -0.2) is 52.1 Å². The van der Waals surface area contributed by atoms with Crippen LogP contribution in [0.25, 0.3) is 0 Å². The second-order valence-electron chi connectivity index (χ2n) is 6.40. The van der Waals surface area contributed by atoms with Gasteiger partial charge in [0.25, 0.3) is 11.8 Å². The van der Waals surface area contributed by atoms with E-state index in [0.29, 0.717) is 29.3 Å². The monoisotopic (exact) mass is 370 g/mol. The van der Waals surface area contributed by atoms with Gasteiger partial charge in [0, 0.05) is 44.4 Å². The number of imide groups is 1. The number of carbonyl (C=O) groups excluding carboxylic acids is 3. The van der Waals surface area contributed by atoms with E-state index in [2.05, 4.69) is 15.2 Å². The van der Waals surface area contributed by atoms with E-state index in [1.54, 1.807) is 24.3 Å². The van der Waals surface area contributed by atoms with Crippen LogP contribution in [0.15, 0.2) is 24.3 Å². The average molecular weight is 370 g/mol. The highest BCUT2D eigenvalue weighted by atomic mass is 32.1. The number of carbonyl (C=O) groups is 3. The van der Waals surface area contributed by atoms with Crippen LogP contribution < -0.4 is 5.32 Å². The molecule has 0 radical (unpaired) electrons. The van der Waals surface area contributed by atoms with Crippen molar-refractivity contribution in [3.63, 3.8) is 0 Å². The zero-order chi connectivity index (χ0) is 18.3. The van der Waals surface area contributed by atoms with Crippen molar-refractivity contribution in [3.05, 3.63) is 46.0 Å². The number of thiazole rings is 1. The number of nitrogens with one attached hydrogen (secondary N) is 1. The lowest BCUT2D eigenvalue weighted by Crippen LogP contribution is -2.40. The Morgan fingerprint density at radius 1 is 1.19 bits per heavy atom. The van der Waals surface area contributed by atoms with Crippen LogP contribution in [0.1, 0.15) is 38.2 Å². The number of anilines is 1. The van der Waals surface area contributed by atoms with E-state index in [0.717, 1.165) is 30.1 Å². The standard InChI is InChI=1S/C18H18N4O3S/c1-11(23)19-18-20-14-6-7-21(10-15(14)26-18)8-9-22-16(24)12-4-2-3-5-13(12)17(22)25/h2-5H,6-10H2,1H3,(H,19,20,23). The zero-order valence-corrected chi connectivity index (χ0v) is 15.1. The van der Waals surface area contributed by atoms with Crippen LogP contribution in [0, 0.1) is 0 Å². The van der Waals surface area contributed by atoms with Gasteiger partial charge in [-0.15, -0.1) is 11.3 Å². The highest BCUT2D eigenvalue weighted by Crippen LogP contribution is 2.28. The molecule has 0 unspecified atom stereocenters. The molecule has 0 saturated heterocycles. The largest absolute Gasteiger partial charge is 0.302 e. The normalized spacial score (nSPS) is 16.6. The highest BCUT2D eigenvalue weighted by Gasteiger charge is 2.35. The SMILES string of the molecule is CC(=O)Nc1nc2c(s1)CN(CCN1C(=O)c3ccccc3C1=O)CC2. The fraction of sp³-hybridized carbons (Fsp3) is 0.333. The number of amides is 3. The first kappa shape index (κ1) is 16.9. The third kappa shape index (κ3) is 3.02. The molecule has 7 nitrogen and oxygen atoms in total. The lowest BCUT2D eigenvalue weighted by Gasteiger charge is -2.27. The zero-order valence-electron chi connectivity index (χ0n) is 14.3. The van der Waals surface area contributed by atoms with Gasteiger partial charge >= 0.3 is 0 Å². The first-order valence-corrected chi connectivity index (χ1v) is 9.28. The van der Waals surface area contributed by atoms with Crippen molar-refractivity contribution >= 4 is 34.2 Å². The molecule has 1 N–H and O–H groups in total. The Morgan fingerprint density at radius 2 is 1.88 bits per heavy atom. The van der Waals surface area contributed by atoms with Crippen molar-refractivity contribution < 1.29 is 14.4 Å². The van der Waals surface area contributed by atoms with Gasteiger partial charge in [-0.25, -0.2) is 4.98 Å². The number of aromatic nitrogens is 1. The van der Waals surface area contributed by atoms with E-state index in [-0.39, 0.29) is 17.7 Å². The van der Waals surface area contributed by atoms with Gasteiger partial charge in [-0.3, -0.25) is 24.2 Å². The van der Waals surface area contributed by atoms with E-state index >= 15 is 0 Å². The van der Waals surface area contributed by atoms with Gasteiger partial charge in [-0.05, 0) is 12.1 Å². The van der Waals surface area contributed by atoms with Gasteiger partial charge in [0.2, 0.25) is 5.91 Å². The van der Waals surface area contributed by atoms with Crippen LogP contribution in [0.4, 0.5) is 5.13 Å². The van der Waals surface area contributed by atoms with Crippen LogP contribution in [0.3, 0.4) is 0 Å². The summed E-state index contributed by atoms with van der Waals surface area (Å²) < 4.78 is 0. The first-order valence-electron chi connectivity index (χ1n) is 8.46. The van der Waals surface area contributed by atoms with Crippen LogP contribution in [-0.2, 0) is 17.8 Å². The summed E-state index contributed by atoms with van der Waals surface area (Å²) in [6.07, 6.45) is 0.799. The summed E-state index contributed by atoms with van der Waals surface area (Å²) in [5.74, 6) is -0.554. The summed E-state index contributed by atoms with van der Waals surface area (Å²) in [6, 6.07) is 6.94. The molecule has 0 spiro atoms. The maximum atomic E-state index is 12.4. The summed E-state index contributed by atoms with van der Waals surface area (Å²) in [6.45, 7) is 4.00. The summed E-state index contributed by atoms with van der Waals surface area (Å²) in [5, 5.41) is 3.36. The molecule has 4 rings (SSSR count). The van der Waals surface area contributed by atoms with Crippen LogP contribution >= 0.6 is 11.3 Å². The fourth-order valence-corrected chi connectivity index (χ4v) is 4.42. The second kappa shape index (κ2) is 6.62. The maximum Gasteiger partial charge on any atom is 0.261 e. The molecule has 0 fully saturated rings. The molecule has 0 bridgehead atoms. The molecular weight excluding hydrogens is 352 g/mol. The van der Waals surface area contributed by atoms with Gasteiger partial charge in [0.15, 0.2) is 5.13 Å². The molecule has 1 aromatic heterocycles. The minimum atomic E-state index is -0.214. The number of nitrogens with zero attached hydrogens (tertiary/aromatic N) is 3. The second-order valence-corrected chi connectivity index (χ2v) is 7.49. The first-order chi connectivity index (χ1) is 12.5. The number of benzene rings is 1. The van der Waals surface area contributed by atoms with Crippen molar-refractivity contribution in [2.45, 2.75) is 19.9 Å². The molecule has 8 heteroatoms. The van der Waals surface area contributed by atoms with E-state index in [1.165, 1.54) is 23.2 Å². The molecule has 134 valence electrons. The third-order valence-corrected chi connectivity index (χ3v) is 5.61. The quantitative estimate of drug-likeness (QED) is 0.829. The molecule has 0 atom stereocenters. The Labute approximate surface area is 154 Å². The molecule has 2 aliphatic heterocycles. The summed E-state index contributed by atoms with van der Waals surface area (Å²) in [4.78, 5) is 45.1. The Morgan fingerprint density at radius 3 is 2.54 bits per heavy atom. The van der Waals surface area contributed by atoms with Crippen molar-refractivity contribution in [3.8, 4) is 0 Å². The predicted octanol–water partition coefficient (Wildman–Crippen LogP) is 1.76. The molecule has 3 amide bonds. The molecule has 2 aromatic rings. The third-order valence-electron chi connectivity index (χ3n) is 4.61. The number of hydrogen-bond acceptors (Lipinski definition) is 6. The smallest absolute Gasteiger partial charge is 0.261 e. The highest BCUT2D eigenvalue weighted by molar-refractivity contribution is 7.15. The van der Waals surface area contributed by atoms with Crippen molar-refractivity contribution in [2.75, 3.05) is 25.0 Å². The van der Waals surface area contributed by atoms with E-state index in [4.69, 9.17) is 0 Å². The van der Waals surface area contributed by atoms with Crippen LogP contribution in [0.5, 0.6) is 0 Å². The number of rotatable bonds is 4. The number of fused-ring (bicyclic) bond motifs is 2. The fourth-order valence-electron chi connectivity index (χ4n) is 3.33. The Hall–Kier alpha value is -2.58. The summed E-state index contributed by atoms with van der Waals surface area (Å²) >= 11 is 1.48. The topological polar surface area (TPSA) is 82.6 Å². The minimum Gasteiger partial charge on any atom is -0.302 e. The molecule has 3 heterocycles. The lowest BCUT2D eigenvalue weighted by molar-refractivity contribution is -0.114. The van der Waals surface area contributed by atoms with E-state index in [9.17, 15) is 14.4 Å². The molecule has 1 aromatic carbocycles. The Kier molecular flexibility index (Phi) is 4.29. The predicted molar refractivity (Wildman–Crippen MR) is 97.2 cm³/mol. The van der Waals surface area contributed by atoms with Crippen molar-refractivity contribution in [2.24, 2.45) is 0 Å². The van der Waals surface area contributed by atoms with Gasteiger partial charge in [0.05, 0.1) is 16.8 Å². The molecule has 26 heavy (non-hydrogen) atoms. The van der Waals surface area contributed by atoms with Gasteiger partial charge in [-0.1, -0.05) is 12.1 Å². The maximum absolute atomic E-state index is 12.4. The summed E-state index contributed by atoms with van der Waals surface area (Å²) in [7, 11) is 0. The molecule has 0 saturated carbocycles.